The fraction of sp³-hybridized carbons (Fsp3) is 0.500. The second-order valence-corrected chi connectivity index (χ2v) is 4.13. The number of anilines is 1. The number of aliphatic hydroxyl groups excluding tert-OH is 1. The highest BCUT2D eigenvalue weighted by molar-refractivity contribution is 5.61. The molecule has 20 heavy (non-hydrogen) atoms. The van der Waals surface area contributed by atoms with Gasteiger partial charge >= 0.3 is 11.9 Å². The van der Waals surface area contributed by atoms with E-state index in [-0.39, 0.29) is 12.2 Å². The van der Waals surface area contributed by atoms with E-state index in [4.69, 9.17) is 5.73 Å². The van der Waals surface area contributed by atoms with Gasteiger partial charge in [-0.2, -0.15) is 13.2 Å². The minimum Gasteiger partial charge on any atom is -0.392 e. The molecule has 0 amide bonds. The van der Waals surface area contributed by atoms with E-state index in [9.17, 15) is 28.4 Å². The Hall–Kier alpha value is -1.94. The molecule has 0 aliphatic heterocycles. The zero-order chi connectivity index (χ0) is 15.5. The second-order valence-electron chi connectivity index (χ2n) is 4.13. The van der Waals surface area contributed by atoms with Crippen LogP contribution in [0.3, 0.4) is 0 Å². The van der Waals surface area contributed by atoms with Crippen molar-refractivity contribution in [1.29, 1.82) is 0 Å². The van der Waals surface area contributed by atoms with E-state index < -0.39 is 34.6 Å². The van der Waals surface area contributed by atoms with E-state index in [1.165, 1.54) is 6.92 Å². The van der Waals surface area contributed by atoms with Crippen molar-refractivity contribution in [2.45, 2.75) is 25.2 Å². The van der Waals surface area contributed by atoms with E-state index in [1.54, 1.807) is 0 Å². The predicted molar refractivity (Wildman–Crippen MR) is 64.0 cm³/mol. The van der Waals surface area contributed by atoms with Crippen molar-refractivity contribution in [3.63, 3.8) is 0 Å². The van der Waals surface area contributed by atoms with Gasteiger partial charge in [-0.15, -0.1) is 0 Å². The average molecular weight is 294 g/mol. The average Bonchev–Trinajstić information content (AvgIpc) is 2.34. The summed E-state index contributed by atoms with van der Waals surface area (Å²) >= 11 is 0. The standard InChI is InChI=1S/C10H13F3N4O3/c1-5(18)6(14)3-15-7-2-9(10(11,12)13)16-4-8(7)17(19)20/h2,4-6,18H,3,14H2,1H3,(H,15,16). The van der Waals surface area contributed by atoms with Gasteiger partial charge in [0, 0.05) is 12.6 Å². The number of nitrogens with one attached hydrogen (secondary N) is 1. The molecule has 1 aromatic rings. The first-order chi connectivity index (χ1) is 9.12. The number of nitrogens with zero attached hydrogens (tertiary/aromatic N) is 2. The van der Waals surface area contributed by atoms with Crippen LogP contribution in [0.15, 0.2) is 12.3 Å². The summed E-state index contributed by atoms with van der Waals surface area (Å²) in [5.74, 6) is 0. The Kier molecular flexibility index (Phi) is 4.84. The van der Waals surface area contributed by atoms with E-state index in [1.807, 2.05) is 0 Å². The molecule has 0 saturated heterocycles. The minimum absolute atomic E-state index is 0.125. The molecule has 4 N–H and O–H groups in total. The SMILES string of the molecule is CC(O)C(N)CNc1cc(C(F)(F)F)ncc1[N+](=O)[O-]. The molecule has 0 fully saturated rings. The summed E-state index contributed by atoms with van der Waals surface area (Å²) in [6.45, 7) is 1.27. The van der Waals surface area contributed by atoms with Crippen molar-refractivity contribution in [3.8, 4) is 0 Å². The summed E-state index contributed by atoms with van der Waals surface area (Å²) in [6, 6.07) is -0.246. The maximum atomic E-state index is 12.5. The van der Waals surface area contributed by atoms with Gasteiger partial charge in [0.1, 0.15) is 17.6 Å². The summed E-state index contributed by atoms with van der Waals surface area (Å²) in [7, 11) is 0. The number of pyridine rings is 1. The van der Waals surface area contributed by atoms with Crippen LogP contribution >= 0.6 is 0 Å². The Morgan fingerprint density at radius 3 is 2.65 bits per heavy atom. The summed E-state index contributed by atoms with van der Waals surface area (Å²) in [6.07, 6.45) is -5.10. The zero-order valence-corrected chi connectivity index (χ0v) is 10.4. The van der Waals surface area contributed by atoms with Gasteiger partial charge in [-0.3, -0.25) is 10.1 Å². The van der Waals surface area contributed by atoms with Gasteiger partial charge < -0.3 is 16.2 Å². The largest absolute Gasteiger partial charge is 0.433 e. The number of hydrogen-bond donors (Lipinski definition) is 3. The van der Waals surface area contributed by atoms with Crippen LogP contribution in [0.4, 0.5) is 24.5 Å². The first-order valence-electron chi connectivity index (χ1n) is 5.52. The number of nitro groups is 1. The van der Waals surface area contributed by atoms with Crippen LogP contribution in [0.2, 0.25) is 0 Å². The molecule has 0 saturated carbocycles. The molecule has 10 heteroatoms. The number of rotatable bonds is 5. The minimum atomic E-state index is -4.71. The fourth-order valence-electron chi connectivity index (χ4n) is 1.29. The third-order valence-corrected chi connectivity index (χ3v) is 2.52. The Morgan fingerprint density at radius 2 is 2.20 bits per heavy atom. The van der Waals surface area contributed by atoms with Crippen LogP contribution in [0, 0.1) is 10.1 Å². The van der Waals surface area contributed by atoms with Gasteiger partial charge in [0.25, 0.3) is 0 Å². The summed E-state index contributed by atoms with van der Waals surface area (Å²) in [5.41, 5.74) is 3.29. The lowest BCUT2D eigenvalue weighted by Crippen LogP contribution is -2.38. The molecule has 0 aliphatic carbocycles. The highest BCUT2D eigenvalue weighted by atomic mass is 19.4. The van der Waals surface area contributed by atoms with Crippen LogP contribution in [0.25, 0.3) is 0 Å². The lowest BCUT2D eigenvalue weighted by atomic mass is 10.2. The molecule has 0 bridgehead atoms. The summed E-state index contributed by atoms with van der Waals surface area (Å²) in [4.78, 5) is 12.9. The quantitative estimate of drug-likeness (QED) is 0.554. The number of aromatic nitrogens is 1. The number of halogens is 3. The van der Waals surface area contributed by atoms with Gasteiger partial charge in [-0.1, -0.05) is 0 Å². The van der Waals surface area contributed by atoms with Crippen molar-refractivity contribution in [2.75, 3.05) is 11.9 Å². The van der Waals surface area contributed by atoms with Crippen LogP contribution in [-0.4, -0.2) is 33.7 Å². The highest BCUT2D eigenvalue weighted by Gasteiger charge is 2.34. The van der Waals surface area contributed by atoms with Crippen LogP contribution in [0.5, 0.6) is 0 Å². The van der Waals surface area contributed by atoms with Gasteiger partial charge in [0.2, 0.25) is 0 Å². The van der Waals surface area contributed by atoms with Crippen molar-refractivity contribution < 1.29 is 23.2 Å². The van der Waals surface area contributed by atoms with Crippen molar-refractivity contribution in [2.24, 2.45) is 5.73 Å². The second kappa shape index (κ2) is 6.01. The Morgan fingerprint density at radius 1 is 1.60 bits per heavy atom. The predicted octanol–water partition coefficient (Wildman–Crippen LogP) is 1.13. The van der Waals surface area contributed by atoms with Gasteiger partial charge in [-0.05, 0) is 13.0 Å². The number of hydrogen-bond acceptors (Lipinski definition) is 6. The normalized spacial score (nSPS) is 14.7. The van der Waals surface area contributed by atoms with E-state index in [0.29, 0.717) is 12.3 Å². The summed E-state index contributed by atoms with van der Waals surface area (Å²) in [5, 5.41) is 22.3. The molecule has 0 radical (unpaired) electrons. The zero-order valence-electron chi connectivity index (χ0n) is 10.4. The van der Waals surface area contributed by atoms with Gasteiger partial charge in [0.05, 0.1) is 11.0 Å². The molecule has 0 aromatic carbocycles. The van der Waals surface area contributed by atoms with Gasteiger partial charge in [0.15, 0.2) is 0 Å². The van der Waals surface area contributed by atoms with Crippen molar-refractivity contribution in [1.82, 2.24) is 4.98 Å². The molecule has 1 rings (SSSR count). The molecule has 0 aliphatic rings. The molecule has 1 aromatic heterocycles. The van der Waals surface area contributed by atoms with Crippen LogP contribution < -0.4 is 11.1 Å². The van der Waals surface area contributed by atoms with Crippen LogP contribution in [0.1, 0.15) is 12.6 Å². The fourth-order valence-corrected chi connectivity index (χ4v) is 1.29. The highest BCUT2D eigenvalue weighted by Crippen LogP contribution is 2.32. The molecule has 0 spiro atoms. The molecule has 2 unspecified atom stereocenters. The molecular formula is C10H13F3N4O3. The lowest BCUT2D eigenvalue weighted by Gasteiger charge is -2.16. The molecular weight excluding hydrogens is 281 g/mol. The number of nitrogens with two attached hydrogens (primary N) is 1. The number of aliphatic hydroxyl groups is 1. The third-order valence-electron chi connectivity index (χ3n) is 2.52. The number of alkyl halides is 3. The smallest absolute Gasteiger partial charge is 0.392 e. The topological polar surface area (TPSA) is 114 Å². The Labute approximate surface area is 111 Å². The third kappa shape index (κ3) is 4.03. The molecule has 2 atom stereocenters. The van der Waals surface area contributed by atoms with Crippen molar-refractivity contribution in [3.05, 3.63) is 28.1 Å². The Balaban J connectivity index is 3.04. The van der Waals surface area contributed by atoms with E-state index in [0.717, 1.165) is 0 Å². The molecule has 7 nitrogen and oxygen atoms in total. The first-order valence-corrected chi connectivity index (χ1v) is 5.52. The van der Waals surface area contributed by atoms with Crippen LogP contribution in [-0.2, 0) is 6.18 Å². The maximum Gasteiger partial charge on any atom is 0.433 e. The molecule has 1 heterocycles. The maximum absolute atomic E-state index is 12.5. The summed E-state index contributed by atoms with van der Waals surface area (Å²) < 4.78 is 37.5. The first kappa shape index (κ1) is 16.1. The molecule has 112 valence electrons. The van der Waals surface area contributed by atoms with Gasteiger partial charge in [-0.25, -0.2) is 4.98 Å². The van der Waals surface area contributed by atoms with E-state index >= 15 is 0 Å². The van der Waals surface area contributed by atoms with E-state index in [2.05, 4.69) is 10.3 Å². The monoisotopic (exact) mass is 294 g/mol. The lowest BCUT2D eigenvalue weighted by molar-refractivity contribution is -0.384. The van der Waals surface area contributed by atoms with Crippen molar-refractivity contribution >= 4 is 11.4 Å². The Bertz CT molecular complexity index is 493.